The molecule has 0 amide bonds. The van der Waals surface area contributed by atoms with Crippen LogP contribution in [0.3, 0.4) is 0 Å². The van der Waals surface area contributed by atoms with Crippen molar-refractivity contribution >= 4 is 24.7 Å². The molecule has 0 radical (unpaired) electrons. The monoisotopic (exact) mass is 602 g/mol. The average molecular weight is 603 g/mol. The second-order valence-corrected chi connectivity index (χ2v) is 18.8. The molecule has 0 heterocycles. The van der Waals surface area contributed by atoms with Crippen molar-refractivity contribution in [3.63, 3.8) is 0 Å². The Morgan fingerprint density at radius 2 is 1.26 bits per heavy atom. The molecular weight excluding hydrogens is 545 g/mol. The molecule has 2 fully saturated rings. The van der Waals surface area contributed by atoms with Crippen LogP contribution in [0.15, 0.2) is 72.8 Å². The van der Waals surface area contributed by atoms with Crippen molar-refractivity contribution in [2.45, 2.75) is 116 Å². The van der Waals surface area contributed by atoms with Crippen molar-refractivity contribution in [3.8, 4) is 0 Å². The van der Waals surface area contributed by atoms with Crippen LogP contribution in [0, 0.1) is 23.7 Å². The van der Waals surface area contributed by atoms with Crippen LogP contribution in [-0.4, -0.2) is 27.5 Å². The zero-order valence-electron chi connectivity index (χ0n) is 27.6. The molecule has 2 aromatic carbocycles. The van der Waals surface area contributed by atoms with Gasteiger partial charge in [-0.1, -0.05) is 146 Å². The minimum atomic E-state index is -2.72. The van der Waals surface area contributed by atoms with Crippen molar-refractivity contribution in [2.24, 2.45) is 23.7 Å². The van der Waals surface area contributed by atoms with Crippen LogP contribution in [0.25, 0.3) is 0 Å². The van der Waals surface area contributed by atoms with E-state index in [1.54, 1.807) is 0 Å². The fourth-order valence-electron chi connectivity index (χ4n) is 8.02. The first-order valence-electron chi connectivity index (χ1n) is 17.3. The number of carbonyl (C=O) groups is 1. The molecule has 2 aliphatic rings. The van der Waals surface area contributed by atoms with Gasteiger partial charge in [-0.05, 0) is 71.2 Å². The summed E-state index contributed by atoms with van der Waals surface area (Å²) in [5, 5.41) is 2.25. The van der Waals surface area contributed by atoms with Gasteiger partial charge in [0, 0.05) is 0 Å². The average Bonchev–Trinajstić information content (AvgIpc) is 3.02. The molecule has 2 saturated carbocycles. The predicted octanol–water partition coefficient (Wildman–Crippen LogP) is 9.25. The highest BCUT2D eigenvalue weighted by molar-refractivity contribution is 6.99. The Labute approximate surface area is 264 Å². The number of unbranched alkanes of at least 4 members (excludes halogenated alkanes) is 2. The third-order valence-corrected chi connectivity index (χ3v) is 15.6. The zero-order valence-corrected chi connectivity index (χ0v) is 28.6. The van der Waals surface area contributed by atoms with Gasteiger partial charge in [0.1, 0.15) is 0 Å². The fraction of sp³-hybridized carbons (Fsp3) is 0.615. The van der Waals surface area contributed by atoms with E-state index in [-0.39, 0.29) is 17.6 Å². The maximum absolute atomic E-state index is 13.0. The minimum absolute atomic E-state index is 0.146. The van der Waals surface area contributed by atoms with Crippen LogP contribution < -0.4 is 10.4 Å². The Morgan fingerprint density at radius 1 is 0.767 bits per heavy atom. The first-order valence-corrected chi connectivity index (χ1v) is 19.2. The molecule has 4 heteroatoms. The first kappa shape index (κ1) is 33.7. The molecule has 0 aliphatic heterocycles. The molecule has 4 rings (SSSR count). The van der Waals surface area contributed by atoms with Gasteiger partial charge in [-0.25, -0.2) is 4.79 Å². The normalized spacial score (nSPS) is 23.1. The smallest absolute Gasteiger partial charge is 0.335 e. The number of carbonyl (C=O) groups excluding carboxylic acids is 1. The van der Waals surface area contributed by atoms with E-state index in [0.29, 0.717) is 18.1 Å². The van der Waals surface area contributed by atoms with Crippen molar-refractivity contribution < 1.29 is 14.0 Å². The lowest BCUT2D eigenvalue weighted by atomic mass is 9.68. The largest absolute Gasteiger partial charge is 0.462 e. The quantitative estimate of drug-likeness (QED) is 0.0936. The summed E-state index contributed by atoms with van der Waals surface area (Å²) in [4.78, 5) is 13.0. The number of ether oxygens (including phenoxy) is 1. The number of rotatable bonds is 14. The van der Waals surface area contributed by atoms with Crippen molar-refractivity contribution in [3.05, 3.63) is 72.8 Å². The van der Waals surface area contributed by atoms with Gasteiger partial charge in [-0.3, -0.25) is 0 Å². The molecule has 0 unspecified atom stereocenters. The predicted molar refractivity (Wildman–Crippen MR) is 183 cm³/mol. The molecular formula is C39H58O3Si. The summed E-state index contributed by atoms with van der Waals surface area (Å²) >= 11 is 0. The van der Waals surface area contributed by atoms with Crippen LogP contribution in [0.2, 0.25) is 5.04 Å². The molecule has 0 N–H and O–H groups in total. The summed E-state index contributed by atoms with van der Waals surface area (Å²) in [6, 6.07) is 21.0. The molecule has 2 aromatic rings. The molecule has 0 saturated heterocycles. The molecule has 0 bridgehead atoms. The fourth-order valence-corrected chi connectivity index (χ4v) is 12.6. The van der Waals surface area contributed by atoms with Gasteiger partial charge in [0.05, 0.1) is 18.8 Å². The van der Waals surface area contributed by atoms with Gasteiger partial charge in [0.2, 0.25) is 0 Å². The molecule has 0 atom stereocenters. The highest BCUT2D eigenvalue weighted by atomic mass is 28.4. The van der Waals surface area contributed by atoms with Gasteiger partial charge in [0.15, 0.2) is 0 Å². The van der Waals surface area contributed by atoms with E-state index < -0.39 is 8.32 Å². The third kappa shape index (κ3) is 8.94. The summed E-state index contributed by atoms with van der Waals surface area (Å²) in [6.45, 7) is 13.8. The highest BCUT2D eigenvalue weighted by Crippen LogP contribution is 2.43. The first-order chi connectivity index (χ1) is 20.7. The minimum Gasteiger partial charge on any atom is -0.462 e. The molecule has 43 heavy (non-hydrogen) atoms. The second-order valence-electron chi connectivity index (χ2n) is 14.5. The van der Waals surface area contributed by atoms with Crippen LogP contribution in [-0.2, 0) is 14.0 Å². The van der Waals surface area contributed by atoms with Crippen LogP contribution in [0.1, 0.15) is 111 Å². The summed E-state index contributed by atoms with van der Waals surface area (Å²) in [5.74, 6) is 3.24. The lowest BCUT2D eigenvalue weighted by Gasteiger charge is -2.43. The lowest BCUT2D eigenvalue weighted by molar-refractivity contribution is -0.139. The van der Waals surface area contributed by atoms with Crippen LogP contribution >= 0.6 is 0 Å². The van der Waals surface area contributed by atoms with Crippen LogP contribution in [0.4, 0.5) is 0 Å². The molecule has 2 aliphatic carbocycles. The van der Waals surface area contributed by atoms with Crippen molar-refractivity contribution in [1.82, 2.24) is 0 Å². The van der Waals surface area contributed by atoms with Crippen LogP contribution in [0.5, 0.6) is 0 Å². The van der Waals surface area contributed by atoms with E-state index in [0.717, 1.165) is 24.2 Å². The Morgan fingerprint density at radius 3 is 1.72 bits per heavy atom. The SMILES string of the molecule is C=C(CO[Si](c1ccccc1)(c1ccccc1)C(C)(C)C)C(=O)OCCC1CCC(C2CCC(CCCCC)CC2)CC1. The van der Waals surface area contributed by atoms with Gasteiger partial charge in [-0.2, -0.15) is 0 Å². The number of hydrogen-bond donors (Lipinski definition) is 0. The Balaban J connectivity index is 1.22. The Bertz CT molecular complexity index is 1070. The standard InChI is InChI=1S/C39H58O3Si/c1-6-7-10-15-32-20-24-34(25-21-32)35-26-22-33(23-27-35)28-29-41-38(40)31(2)30-42-43(39(3,4)5,36-16-11-8-12-17-36)37-18-13-9-14-19-37/h8-9,11-14,16-19,32-35H,2,6-7,10,15,20-30H2,1,3-5H3. The van der Waals surface area contributed by atoms with Gasteiger partial charge < -0.3 is 9.16 Å². The number of benzene rings is 2. The van der Waals surface area contributed by atoms with Gasteiger partial charge in [-0.15, -0.1) is 0 Å². The highest BCUT2D eigenvalue weighted by Gasteiger charge is 2.50. The molecule has 0 spiro atoms. The lowest BCUT2D eigenvalue weighted by Crippen LogP contribution is -2.66. The number of esters is 1. The Kier molecular flexibility index (Phi) is 12.7. The Hall–Kier alpha value is -2.17. The summed E-state index contributed by atoms with van der Waals surface area (Å²) in [7, 11) is -2.72. The van der Waals surface area contributed by atoms with Crippen molar-refractivity contribution in [2.75, 3.05) is 13.2 Å². The van der Waals surface area contributed by atoms with E-state index in [4.69, 9.17) is 9.16 Å². The van der Waals surface area contributed by atoms with E-state index >= 15 is 0 Å². The maximum atomic E-state index is 13.0. The van der Waals surface area contributed by atoms with Gasteiger partial charge >= 0.3 is 5.97 Å². The molecule has 0 aromatic heterocycles. The molecule has 3 nitrogen and oxygen atoms in total. The molecule has 236 valence electrons. The van der Waals surface area contributed by atoms with E-state index in [1.165, 1.54) is 87.4 Å². The topological polar surface area (TPSA) is 35.5 Å². The van der Waals surface area contributed by atoms with E-state index in [1.807, 2.05) is 12.1 Å². The maximum Gasteiger partial charge on any atom is 0.335 e. The summed E-state index contributed by atoms with van der Waals surface area (Å²) < 4.78 is 12.6. The summed E-state index contributed by atoms with van der Waals surface area (Å²) in [5.41, 5.74) is 0.405. The van der Waals surface area contributed by atoms with E-state index in [9.17, 15) is 4.79 Å². The van der Waals surface area contributed by atoms with E-state index in [2.05, 4.69) is 82.8 Å². The number of hydrogen-bond acceptors (Lipinski definition) is 3. The second kappa shape index (κ2) is 16.2. The third-order valence-electron chi connectivity index (χ3n) is 10.6. The van der Waals surface area contributed by atoms with Crippen molar-refractivity contribution in [1.29, 1.82) is 0 Å². The van der Waals surface area contributed by atoms with Gasteiger partial charge in [0.25, 0.3) is 8.32 Å². The zero-order chi connectivity index (χ0) is 30.7. The summed E-state index contributed by atoms with van der Waals surface area (Å²) in [6.07, 6.45) is 17.8.